The first-order valence-corrected chi connectivity index (χ1v) is 10.8. The molecular weight excluding hydrogens is 370 g/mol. The first-order valence-electron chi connectivity index (χ1n) is 10.8. The van der Waals surface area contributed by atoms with Gasteiger partial charge in [-0.1, -0.05) is 38.1 Å². The normalized spacial score (nSPS) is 25.3. The van der Waals surface area contributed by atoms with Crippen LogP contribution in [0.15, 0.2) is 48.5 Å². The molecule has 2 saturated heterocycles. The number of aryl methyl sites for hydroxylation is 1. The molecule has 0 radical (unpaired) electrons. The molecule has 2 aliphatic heterocycles. The highest BCUT2D eigenvalue weighted by Gasteiger charge is 2.55. The minimum atomic E-state index is 0.155. The zero-order valence-corrected chi connectivity index (χ0v) is 17.9. The molecule has 0 N–H and O–H groups in total. The fourth-order valence-electron chi connectivity index (χ4n) is 5.26. The zero-order chi connectivity index (χ0) is 21.2. The average Bonchev–Trinajstić information content (AvgIpc) is 3.15. The summed E-state index contributed by atoms with van der Waals surface area (Å²) in [7, 11) is 0. The third kappa shape index (κ3) is 4.12. The molecular formula is C26H29N3O. The molecule has 0 spiro atoms. The lowest BCUT2D eigenvalue weighted by atomic mass is 9.64. The number of hydrogen-bond acceptors (Lipinski definition) is 4. The molecule has 2 atom stereocenters. The predicted octanol–water partition coefficient (Wildman–Crippen LogP) is 4.68. The van der Waals surface area contributed by atoms with Gasteiger partial charge in [0.05, 0.1) is 36.0 Å². The molecule has 0 bridgehead atoms. The minimum Gasteiger partial charge on any atom is -0.376 e. The van der Waals surface area contributed by atoms with E-state index in [1.807, 2.05) is 24.3 Å². The van der Waals surface area contributed by atoms with Gasteiger partial charge in [-0.3, -0.25) is 4.90 Å². The Balaban J connectivity index is 1.47. The molecule has 0 saturated carbocycles. The second-order valence-electron chi connectivity index (χ2n) is 9.62. The lowest BCUT2D eigenvalue weighted by Crippen LogP contribution is -2.58. The highest BCUT2D eigenvalue weighted by molar-refractivity contribution is 5.32. The molecule has 2 heterocycles. The molecule has 0 aliphatic carbocycles. The van der Waals surface area contributed by atoms with Crippen LogP contribution in [0.25, 0.3) is 0 Å². The maximum absolute atomic E-state index is 9.03. The Morgan fingerprint density at radius 3 is 2.07 bits per heavy atom. The summed E-state index contributed by atoms with van der Waals surface area (Å²) in [5.41, 5.74) is 4.34. The van der Waals surface area contributed by atoms with Crippen molar-refractivity contribution in [3.63, 3.8) is 0 Å². The first kappa shape index (κ1) is 20.6. The van der Waals surface area contributed by atoms with Crippen molar-refractivity contribution in [2.75, 3.05) is 19.7 Å². The van der Waals surface area contributed by atoms with Gasteiger partial charge >= 0.3 is 0 Å². The number of hydrogen-bond donors (Lipinski definition) is 0. The third-order valence-corrected chi connectivity index (χ3v) is 6.84. The SMILES string of the molecule is CC1(C)CO[C@@H]1[C@]1(CCc2ccc(C#N)cc2)CCN(Cc2ccc(C#N)cc2)C1. The van der Waals surface area contributed by atoms with Crippen LogP contribution >= 0.6 is 0 Å². The van der Waals surface area contributed by atoms with Crippen LogP contribution in [-0.4, -0.2) is 30.7 Å². The molecule has 2 aromatic rings. The Morgan fingerprint density at radius 2 is 1.57 bits per heavy atom. The lowest BCUT2D eigenvalue weighted by molar-refractivity contribution is -0.223. The Bertz CT molecular complexity index is 965. The van der Waals surface area contributed by atoms with Crippen LogP contribution in [0, 0.1) is 33.5 Å². The van der Waals surface area contributed by atoms with Crippen molar-refractivity contribution < 1.29 is 4.74 Å². The molecule has 2 aliphatic rings. The van der Waals surface area contributed by atoms with Crippen LogP contribution in [0.3, 0.4) is 0 Å². The van der Waals surface area contributed by atoms with Gasteiger partial charge in [0.25, 0.3) is 0 Å². The fraction of sp³-hybridized carbons (Fsp3) is 0.462. The second-order valence-corrected chi connectivity index (χ2v) is 9.62. The van der Waals surface area contributed by atoms with Crippen LogP contribution < -0.4 is 0 Å². The van der Waals surface area contributed by atoms with Crippen molar-refractivity contribution in [1.29, 1.82) is 10.5 Å². The van der Waals surface area contributed by atoms with Crippen LogP contribution in [0.1, 0.15) is 48.9 Å². The Kier molecular flexibility index (Phi) is 5.65. The Hall–Kier alpha value is -2.66. The lowest BCUT2D eigenvalue weighted by Gasteiger charge is -2.54. The van der Waals surface area contributed by atoms with Crippen molar-refractivity contribution in [2.45, 2.75) is 45.8 Å². The standard InChI is InChI=1S/C26H29N3O/c1-25(2)19-30-24(25)26(12-11-20-3-5-21(15-27)6-4-20)13-14-29(18-26)17-23-9-7-22(16-28)8-10-23/h3-10,24H,11-14,17-19H2,1-2H3/t24-,26+/m0/s1. The summed E-state index contributed by atoms with van der Waals surface area (Å²) < 4.78 is 6.18. The summed E-state index contributed by atoms with van der Waals surface area (Å²) in [5.74, 6) is 0. The van der Waals surface area contributed by atoms with Gasteiger partial charge in [-0.25, -0.2) is 0 Å². The highest BCUT2D eigenvalue weighted by atomic mass is 16.5. The third-order valence-electron chi connectivity index (χ3n) is 6.84. The van der Waals surface area contributed by atoms with Gasteiger partial charge in [-0.15, -0.1) is 0 Å². The smallest absolute Gasteiger partial charge is 0.0991 e. The zero-order valence-electron chi connectivity index (χ0n) is 17.9. The van der Waals surface area contributed by atoms with E-state index < -0.39 is 0 Å². The van der Waals surface area contributed by atoms with E-state index in [0.29, 0.717) is 11.1 Å². The van der Waals surface area contributed by atoms with Gasteiger partial charge in [0.2, 0.25) is 0 Å². The Morgan fingerprint density at radius 1 is 0.967 bits per heavy atom. The summed E-state index contributed by atoms with van der Waals surface area (Å²) >= 11 is 0. The molecule has 2 aromatic carbocycles. The maximum Gasteiger partial charge on any atom is 0.0991 e. The van der Waals surface area contributed by atoms with E-state index in [9.17, 15) is 0 Å². The van der Waals surface area contributed by atoms with E-state index >= 15 is 0 Å². The summed E-state index contributed by atoms with van der Waals surface area (Å²) in [4.78, 5) is 2.54. The summed E-state index contributed by atoms with van der Waals surface area (Å²) in [6, 6.07) is 20.3. The highest BCUT2D eigenvalue weighted by Crippen LogP contribution is 2.51. The van der Waals surface area contributed by atoms with Gasteiger partial charge in [-0.2, -0.15) is 10.5 Å². The molecule has 2 fully saturated rings. The van der Waals surface area contributed by atoms with E-state index in [1.165, 1.54) is 11.1 Å². The maximum atomic E-state index is 9.03. The van der Waals surface area contributed by atoms with Gasteiger partial charge in [0.1, 0.15) is 0 Å². The molecule has 4 rings (SSSR count). The molecule has 0 unspecified atom stereocenters. The fourth-order valence-corrected chi connectivity index (χ4v) is 5.26. The Labute approximate surface area is 179 Å². The van der Waals surface area contributed by atoms with Gasteiger partial charge < -0.3 is 4.74 Å². The van der Waals surface area contributed by atoms with Crippen LogP contribution in [0.4, 0.5) is 0 Å². The largest absolute Gasteiger partial charge is 0.376 e. The number of nitriles is 2. The van der Waals surface area contributed by atoms with Crippen molar-refractivity contribution in [3.05, 3.63) is 70.8 Å². The molecule has 0 amide bonds. The molecule has 0 aromatic heterocycles. The van der Waals surface area contributed by atoms with Crippen molar-refractivity contribution in [3.8, 4) is 12.1 Å². The molecule has 4 heteroatoms. The quantitative estimate of drug-likeness (QED) is 0.708. The van der Waals surface area contributed by atoms with Crippen molar-refractivity contribution in [2.24, 2.45) is 10.8 Å². The summed E-state index contributed by atoms with van der Waals surface area (Å²) in [6.45, 7) is 8.52. The molecule has 30 heavy (non-hydrogen) atoms. The van der Waals surface area contributed by atoms with E-state index in [0.717, 1.165) is 45.5 Å². The monoisotopic (exact) mass is 399 g/mol. The van der Waals surface area contributed by atoms with Crippen molar-refractivity contribution in [1.82, 2.24) is 4.90 Å². The van der Waals surface area contributed by atoms with Crippen LogP contribution in [0.5, 0.6) is 0 Å². The molecule has 154 valence electrons. The topological polar surface area (TPSA) is 60.0 Å². The van der Waals surface area contributed by atoms with Gasteiger partial charge in [-0.05, 0) is 61.2 Å². The minimum absolute atomic E-state index is 0.155. The van der Waals surface area contributed by atoms with E-state index in [-0.39, 0.29) is 16.9 Å². The van der Waals surface area contributed by atoms with Gasteiger partial charge in [0.15, 0.2) is 0 Å². The van der Waals surface area contributed by atoms with Crippen LogP contribution in [-0.2, 0) is 17.7 Å². The number of benzene rings is 2. The van der Waals surface area contributed by atoms with Crippen LogP contribution in [0.2, 0.25) is 0 Å². The summed E-state index contributed by atoms with van der Waals surface area (Å²) in [5, 5.41) is 18.1. The number of likely N-dealkylation sites (tertiary alicyclic amines) is 1. The number of nitrogens with zero attached hydrogens (tertiary/aromatic N) is 3. The average molecular weight is 400 g/mol. The predicted molar refractivity (Wildman–Crippen MR) is 116 cm³/mol. The van der Waals surface area contributed by atoms with E-state index in [1.54, 1.807) is 0 Å². The number of ether oxygens (including phenoxy) is 1. The number of rotatable bonds is 6. The second kappa shape index (κ2) is 8.23. The van der Waals surface area contributed by atoms with Crippen molar-refractivity contribution >= 4 is 0 Å². The van der Waals surface area contributed by atoms with Gasteiger partial charge in [0, 0.05) is 23.9 Å². The molecule has 4 nitrogen and oxygen atoms in total. The van der Waals surface area contributed by atoms with E-state index in [4.69, 9.17) is 15.3 Å². The summed E-state index contributed by atoms with van der Waals surface area (Å²) in [6.07, 6.45) is 3.53. The first-order chi connectivity index (χ1) is 14.4. The van der Waals surface area contributed by atoms with E-state index in [2.05, 4.69) is 55.2 Å².